The lowest BCUT2D eigenvalue weighted by atomic mass is 10.1. The Bertz CT molecular complexity index is 930. The maximum atomic E-state index is 13.8. The van der Waals surface area contributed by atoms with Gasteiger partial charge in [0.2, 0.25) is 15.7 Å². The van der Waals surface area contributed by atoms with Crippen molar-refractivity contribution in [2.24, 2.45) is 0 Å². The quantitative estimate of drug-likeness (QED) is 0.790. The van der Waals surface area contributed by atoms with Crippen LogP contribution in [0.15, 0.2) is 36.7 Å². The molecule has 0 bridgehead atoms. The van der Waals surface area contributed by atoms with Crippen LogP contribution in [0.1, 0.15) is 24.1 Å². The first kappa shape index (κ1) is 18.2. The number of sulfonamides is 1. The normalized spacial score (nSPS) is 18.2. The van der Waals surface area contributed by atoms with Gasteiger partial charge in [0.15, 0.2) is 0 Å². The summed E-state index contributed by atoms with van der Waals surface area (Å²) in [6.45, 7) is 0.473. The molecule has 1 aromatic carbocycles. The van der Waals surface area contributed by atoms with Gasteiger partial charge in [0.25, 0.3) is 5.88 Å². The van der Waals surface area contributed by atoms with E-state index in [-0.39, 0.29) is 23.7 Å². The third kappa shape index (κ3) is 4.15. The zero-order chi connectivity index (χ0) is 18.6. The van der Waals surface area contributed by atoms with Crippen LogP contribution in [-0.4, -0.2) is 41.9 Å². The summed E-state index contributed by atoms with van der Waals surface area (Å²) in [7, 11) is -3.69. The highest BCUT2D eigenvalue weighted by atomic mass is 32.2. The lowest BCUT2D eigenvalue weighted by Gasteiger charge is -2.31. The highest BCUT2D eigenvalue weighted by molar-refractivity contribution is 7.88. The molecule has 1 unspecified atom stereocenters. The van der Waals surface area contributed by atoms with Crippen molar-refractivity contribution in [2.45, 2.75) is 24.7 Å². The van der Waals surface area contributed by atoms with Crippen LogP contribution in [0.4, 0.5) is 4.39 Å². The van der Waals surface area contributed by atoms with Crippen LogP contribution in [0.3, 0.4) is 0 Å². The molecule has 0 radical (unpaired) electrons. The molecule has 2 heterocycles. The van der Waals surface area contributed by atoms with E-state index in [4.69, 9.17) is 10.00 Å². The number of nitriles is 1. The molecular weight excluding hydrogens is 359 g/mol. The van der Waals surface area contributed by atoms with Gasteiger partial charge in [-0.1, -0.05) is 18.2 Å². The van der Waals surface area contributed by atoms with Crippen LogP contribution in [0.25, 0.3) is 0 Å². The van der Waals surface area contributed by atoms with Crippen molar-refractivity contribution < 1.29 is 17.5 Å². The number of halogens is 1. The maximum absolute atomic E-state index is 13.8. The van der Waals surface area contributed by atoms with Crippen molar-refractivity contribution in [1.82, 2.24) is 14.3 Å². The van der Waals surface area contributed by atoms with E-state index in [1.54, 1.807) is 6.07 Å². The predicted octanol–water partition coefficient (Wildman–Crippen LogP) is 1.86. The summed E-state index contributed by atoms with van der Waals surface area (Å²) < 4.78 is 46.1. The molecule has 2 aromatic rings. The molecule has 0 amide bonds. The number of rotatable bonds is 5. The van der Waals surface area contributed by atoms with Crippen molar-refractivity contribution in [3.63, 3.8) is 0 Å². The molecule has 7 nitrogen and oxygen atoms in total. The van der Waals surface area contributed by atoms with Crippen LogP contribution in [0.2, 0.25) is 0 Å². The van der Waals surface area contributed by atoms with Gasteiger partial charge in [0.1, 0.15) is 18.0 Å². The third-order valence-electron chi connectivity index (χ3n) is 4.08. The molecule has 0 aliphatic carbocycles. The summed E-state index contributed by atoms with van der Waals surface area (Å²) in [5, 5.41) is 9.04. The highest BCUT2D eigenvalue weighted by Crippen LogP contribution is 2.22. The monoisotopic (exact) mass is 376 g/mol. The van der Waals surface area contributed by atoms with E-state index >= 15 is 0 Å². The molecule has 1 aliphatic rings. The molecule has 1 fully saturated rings. The summed E-state index contributed by atoms with van der Waals surface area (Å²) in [4.78, 5) is 7.86. The third-order valence-corrected chi connectivity index (χ3v) is 5.87. The van der Waals surface area contributed by atoms with E-state index in [2.05, 4.69) is 9.97 Å². The zero-order valence-corrected chi connectivity index (χ0v) is 14.7. The fourth-order valence-corrected chi connectivity index (χ4v) is 4.41. The molecule has 26 heavy (non-hydrogen) atoms. The van der Waals surface area contributed by atoms with Crippen molar-refractivity contribution in [2.75, 3.05) is 13.1 Å². The van der Waals surface area contributed by atoms with Gasteiger partial charge in [-0.25, -0.2) is 22.8 Å². The van der Waals surface area contributed by atoms with Gasteiger partial charge in [0.05, 0.1) is 12.3 Å². The first-order valence-electron chi connectivity index (χ1n) is 8.08. The van der Waals surface area contributed by atoms with E-state index in [0.29, 0.717) is 19.4 Å². The second-order valence-electron chi connectivity index (χ2n) is 5.91. The Kier molecular flexibility index (Phi) is 5.44. The van der Waals surface area contributed by atoms with E-state index in [9.17, 15) is 12.8 Å². The maximum Gasteiger partial charge on any atom is 0.251 e. The lowest BCUT2D eigenvalue weighted by molar-refractivity contribution is 0.123. The van der Waals surface area contributed by atoms with Crippen LogP contribution >= 0.6 is 0 Å². The number of aromatic nitrogens is 2. The van der Waals surface area contributed by atoms with Gasteiger partial charge in [0, 0.05) is 24.5 Å². The lowest BCUT2D eigenvalue weighted by Crippen LogP contribution is -2.45. The van der Waals surface area contributed by atoms with Gasteiger partial charge in [-0.3, -0.25) is 0 Å². The Labute approximate surface area is 151 Å². The molecule has 9 heteroatoms. The fraction of sp³-hybridized carbons (Fsp3) is 0.353. The minimum atomic E-state index is -3.69. The largest absolute Gasteiger partial charge is 0.471 e. The van der Waals surface area contributed by atoms with Gasteiger partial charge < -0.3 is 4.74 Å². The summed E-state index contributed by atoms with van der Waals surface area (Å²) in [5.74, 6) is -0.853. The number of piperidine rings is 1. The van der Waals surface area contributed by atoms with Crippen molar-refractivity contribution >= 4 is 10.0 Å². The molecule has 1 saturated heterocycles. The Hall–Kier alpha value is -2.57. The average Bonchev–Trinajstić information content (AvgIpc) is 2.64. The molecule has 3 rings (SSSR count). The predicted molar refractivity (Wildman–Crippen MR) is 91.0 cm³/mol. The van der Waals surface area contributed by atoms with E-state index in [1.807, 2.05) is 6.07 Å². The second-order valence-corrected chi connectivity index (χ2v) is 7.88. The molecule has 0 spiro atoms. The summed E-state index contributed by atoms with van der Waals surface area (Å²) >= 11 is 0. The average molecular weight is 376 g/mol. The highest BCUT2D eigenvalue weighted by Gasteiger charge is 2.31. The molecule has 0 N–H and O–H groups in total. The van der Waals surface area contributed by atoms with E-state index in [1.165, 1.54) is 34.9 Å². The van der Waals surface area contributed by atoms with Crippen LogP contribution in [-0.2, 0) is 15.8 Å². The van der Waals surface area contributed by atoms with Gasteiger partial charge in [-0.15, -0.1) is 0 Å². The number of benzene rings is 1. The van der Waals surface area contributed by atoms with Gasteiger partial charge in [-0.2, -0.15) is 9.57 Å². The topological polar surface area (TPSA) is 96.2 Å². The Balaban J connectivity index is 1.71. The molecule has 1 aromatic heterocycles. The smallest absolute Gasteiger partial charge is 0.251 e. The summed E-state index contributed by atoms with van der Waals surface area (Å²) in [6, 6.07) is 7.72. The second kappa shape index (κ2) is 7.76. The van der Waals surface area contributed by atoms with E-state index < -0.39 is 27.7 Å². The first-order valence-corrected chi connectivity index (χ1v) is 9.69. The fourth-order valence-electron chi connectivity index (χ4n) is 2.80. The molecular formula is C17H17FN4O3S. The number of ether oxygens (including phenoxy) is 1. The minimum Gasteiger partial charge on any atom is -0.471 e. The zero-order valence-electron chi connectivity index (χ0n) is 13.9. The van der Waals surface area contributed by atoms with Crippen molar-refractivity contribution in [3.8, 4) is 11.9 Å². The van der Waals surface area contributed by atoms with Crippen LogP contribution in [0, 0.1) is 17.1 Å². The van der Waals surface area contributed by atoms with E-state index in [0.717, 1.165) is 0 Å². The van der Waals surface area contributed by atoms with Crippen molar-refractivity contribution in [3.05, 3.63) is 53.7 Å². The van der Waals surface area contributed by atoms with Gasteiger partial charge in [-0.05, 0) is 18.9 Å². The molecule has 0 saturated carbocycles. The number of hydrogen-bond acceptors (Lipinski definition) is 6. The minimum absolute atomic E-state index is 0.0545. The Morgan fingerprint density at radius 1 is 1.31 bits per heavy atom. The first-order chi connectivity index (χ1) is 12.5. The van der Waals surface area contributed by atoms with Gasteiger partial charge >= 0.3 is 0 Å². The summed E-state index contributed by atoms with van der Waals surface area (Å²) in [6.07, 6.45) is 3.59. The molecule has 1 aliphatic heterocycles. The molecule has 136 valence electrons. The summed E-state index contributed by atoms with van der Waals surface area (Å²) in [5.41, 5.74) is 0.190. The van der Waals surface area contributed by atoms with Crippen molar-refractivity contribution in [1.29, 1.82) is 5.26 Å². The molecule has 1 atom stereocenters. The standard InChI is InChI=1S/C17H17FN4O3S/c18-15-6-2-1-4-13(15)12-26(23,24)22-9-3-5-14(11-22)25-17-16(10-19)20-7-8-21-17/h1-2,4,6-8,14H,3,5,9,11-12H2. The SMILES string of the molecule is N#Cc1nccnc1OC1CCCN(S(=O)(=O)Cc2ccccc2F)C1. The number of nitrogens with zero attached hydrogens (tertiary/aromatic N) is 4. The number of hydrogen-bond donors (Lipinski definition) is 0. The van der Waals surface area contributed by atoms with Crippen LogP contribution < -0.4 is 4.74 Å². The van der Waals surface area contributed by atoms with Crippen LogP contribution in [0.5, 0.6) is 5.88 Å². The Morgan fingerprint density at radius 3 is 2.85 bits per heavy atom. The Morgan fingerprint density at radius 2 is 2.08 bits per heavy atom.